The maximum absolute atomic E-state index is 4.71. The normalized spacial score (nSPS) is 11.2. The van der Waals surface area contributed by atoms with Gasteiger partial charge in [0.05, 0.1) is 5.92 Å². The summed E-state index contributed by atoms with van der Waals surface area (Å²) in [5.41, 5.74) is 2.60. The minimum atomic E-state index is 0.227. The summed E-state index contributed by atoms with van der Waals surface area (Å²) in [6, 6.07) is 21.3. The minimum Gasteiger partial charge on any atom is -0.248 e. The number of thiazole rings is 1. The molecule has 2 heteroatoms. The molecule has 2 aromatic carbocycles. The lowest BCUT2D eigenvalue weighted by molar-refractivity contribution is 0.884. The summed E-state index contributed by atoms with van der Waals surface area (Å²) < 4.78 is 0. The van der Waals surface area contributed by atoms with Gasteiger partial charge in [-0.2, -0.15) is 0 Å². The second-order valence-electron chi connectivity index (χ2n) is 5.51. The van der Waals surface area contributed by atoms with E-state index in [1.54, 1.807) is 0 Å². The number of aromatic nitrogens is 1. The fraction of sp³-hybridized carbons (Fsp3) is 0.211. The van der Waals surface area contributed by atoms with Crippen LogP contribution in [0.25, 0.3) is 0 Å². The molecule has 0 aliphatic carbocycles. The average Bonchev–Trinajstić information content (AvgIpc) is 3.00. The molecule has 0 spiro atoms. The van der Waals surface area contributed by atoms with Gasteiger partial charge in [-0.15, -0.1) is 11.3 Å². The molecule has 0 N–H and O–H groups in total. The van der Waals surface area contributed by atoms with Crippen molar-refractivity contribution in [2.24, 2.45) is 0 Å². The summed E-state index contributed by atoms with van der Waals surface area (Å²) >= 11 is 1.83. The fourth-order valence-electron chi connectivity index (χ4n) is 2.47. The summed E-state index contributed by atoms with van der Waals surface area (Å²) in [4.78, 5) is 6.06. The Morgan fingerprint density at radius 3 is 1.76 bits per heavy atom. The number of nitrogens with zero attached hydrogens (tertiary/aromatic N) is 1. The van der Waals surface area contributed by atoms with Crippen LogP contribution in [0, 0.1) is 0 Å². The van der Waals surface area contributed by atoms with Gasteiger partial charge in [-0.05, 0) is 17.0 Å². The molecule has 1 nitrogen and oxygen atoms in total. The number of hydrogen-bond donors (Lipinski definition) is 0. The molecule has 0 fully saturated rings. The number of benzene rings is 2. The highest BCUT2D eigenvalue weighted by Crippen LogP contribution is 2.35. The molecule has 0 aliphatic rings. The fourth-order valence-corrected chi connectivity index (χ4v) is 3.55. The van der Waals surface area contributed by atoms with Crippen molar-refractivity contribution in [2.45, 2.75) is 25.7 Å². The summed E-state index contributed by atoms with van der Waals surface area (Å²) in [7, 11) is 0. The third kappa shape index (κ3) is 3.06. The van der Waals surface area contributed by atoms with E-state index in [4.69, 9.17) is 4.98 Å². The molecular weight excluding hydrogens is 274 g/mol. The van der Waals surface area contributed by atoms with Gasteiger partial charge in [-0.1, -0.05) is 74.5 Å². The molecule has 0 aliphatic heterocycles. The van der Waals surface area contributed by atoms with Gasteiger partial charge in [0.2, 0.25) is 0 Å². The second kappa shape index (κ2) is 6.23. The van der Waals surface area contributed by atoms with E-state index in [0.717, 1.165) is 0 Å². The van der Waals surface area contributed by atoms with Crippen molar-refractivity contribution in [1.29, 1.82) is 0 Å². The first kappa shape index (κ1) is 14.0. The molecule has 1 aromatic heterocycles. The molecule has 1 heterocycles. The van der Waals surface area contributed by atoms with Gasteiger partial charge in [-0.3, -0.25) is 0 Å². The van der Waals surface area contributed by atoms with Gasteiger partial charge < -0.3 is 0 Å². The lowest BCUT2D eigenvalue weighted by Crippen LogP contribution is -2.02. The Bertz CT molecular complexity index is 646. The first-order valence-electron chi connectivity index (χ1n) is 7.31. The Balaban J connectivity index is 2.08. The van der Waals surface area contributed by atoms with Crippen LogP contribution in [0.3, 0.4) is 0 Å². The molecular formula is C19H19NS. The molecule has 0 unspecified atom stereocenters. The highest BCUT2D eigenvalue weighted by atomic mass is 32.1. The van der Waals surface area contributed by atoms with Crippen LogP contribution in [0.5, 0.6) is 0 Å². The Morgan fingerprint density at radius 1 is 0.810 bits per heavy atom. The standard InChI is InChI=1S/C19H19NS/c1-14(2)17-13-20-19(21-17)18(15-9-5-3-6-10-15)16-11-7-4-8-12-16/h3-14,18H,1-2H3. The van der Waals surface area contributed by atoms with Gasteiger partial charge in [-0.25, -0.2) is 4.98 Å². The van der Waals surface area contributed by atoms with Crippen molar-refractivity contribution in [3.63, 3.8) is 0 Å². The molecule has 0 bridgehead atoms. The molecule has 106 valence electrons. The van der Waals surface area contributed by atoms with Crippen LogP contribution in [-0.2, 0) is 0 Å². The zero-order chi connectivity index (χ0) is 14.7. The molecule has 21 heavy (non-hydrogen) atoms. The summed E-state index contributed by atoms with van der Waals surface area (Å²) in [5.74, 6) is 0.758. The Kier molecular flexibility index (Phi) is 4.16. The lowest BCUT2D eigenvalue weighted by Gasteiger charge is -2.15. The summed E-state index contributed by atoms with van der Waals surface area (Å²) in [6.45, 7) is 4.44. The zero-order valence-electron chi connectivity index (χ0n) is 12.4. The van der Waals surface area contributed by atoms with E-state index in [0.29, 0.717) is 5.92 Å². The lowest BCUT2D eigenvalue weighted by atomic mass is 9.92. The maximum Gasteiger partial charge on any atom is 0.105 e. The topological polar surface area (TPSA) is 12.9 Å². The Labute approximate surface area is 130 Å². The SMILES string of the molecule is CC(C)c1cnc(C(c2ccccc2)c2ccccc2)s1. The van der Waals surface area contributed by atoms with Crippen molar-refractivity contribution in [2.75, 3.05) is 0 Å². The van der Waals surface area contributed by atoms with Gasteiger partial charge in [0.15, 0.2) is 0 Å². The van der Waals surface area contributed by atoms with Crippen LogP contribution >= 0.6 is 11.3 Å². The van der Waals surface area contributed by atoms with Crippen molar-refractivity contribution in [3.05, 3.63) is 87.9 Å². The number of rotatable bonds is 4. The van der Waals surface area contributed by atoms with Gasteiger partial charge in [0, 0.05) is 11.1 Å². The molecule has 3 rings (SSSR count). The second-order valence-corrected chi connectivity index (χ2v) is 6.60. The predicted molar refractivity (Wildman–Crippen MR) is 90.0 cm³/mol. The zero-order valence-corrected chi connectivity index (χ0v) is 13.2. The van der Waals surface area contributed by atoms with E-state index in [9.17, 15) is 0 Å². The maximum atomic E-state index is 4.71. The summed E-state index contributed by atoms with van der Waals surface area (Å²) in [5, 5.41) is 1.18. The molecule has 3 aromatic rings. The smallest absolute Gasteiger partial charge is 0.105 e. The van der Waals surface area contributed by atoms with Crippen LogP contribution in [0.15, 0.2) is 66.9 Å². The monoisotopic (exact) mass is 293 g/mol. The van der Waals surface area contributed by atoms with Gasteiger partial charge in [0.1, 0.15) is 5.01 Å². The van der Waals surface area contributed by atoms with Crippen molar-refractivity contribution in [1.82, 2.24) is 4.98 Å². The van der Waals surface area contributed by atoms with Gasteiger partial charge >= 0.3 is 0 Å². The molecule has 0 saturated carbocycles. The quantitative estimate of drug-likeness (QED) is 0.623. The minimum absolute atomic E-state index is 0.227. The third-order valence-corrected chi connectivity index (χ3v) is 4.99. The van der Waals surface area contributed by atoms with Crippen LogP contribution in [0.1, 0.15) is 46.7 Å². The van der Waals surface area contributed by atoms with E-state index in [1.807, 2.05) is 17.5 Å². The molecule has 0 radical (unpaired) electrons. The van der Waals surface area contributed by atoms with Crippen molar-refractivity contribution < 1.29 is 0 Å². The first-order chi connectivity index (χ1) is 10.3. The van der Waals surface area contributed by atoms with E-state index < -0.39 is 0 Å². The molecule has 0 amide bonds. The number of hydrogen-bond acceptors (Lipinski definition) is 2. The van der Waals surface area contributed by atoms with E-state index in [-0.39, 0.29) is 5.92 Å². The van der Waals surface area contributed by atoms with Crippen molar-refractivity contribution >= 4 is 11.3 Å². The van der Waals surface area contributed by atoms with Crippen molar-refractivity contribution in [3.8, 4) is 0 Å². The van der Waals surface area contributed by atoms with Gasteiger partial charge in [0.25, 0.3) is 0 Å². The Hall–Kier alpha value is -1.93. The van der Waals surface area contributed by atoms with Crippen LogP contribution in [0.4, 0.5) is 0 Å². The largest absolute Gasteiger partial charge is 0.248 e. The van der Waals surface area contributed by atoms with Crippen LogP contribution < -0.4 is 0 Å². The van der Waals surface area contributed by atoms with Crippen LogP contribution in [0.2, 0.25) is 0 Å². The van der Waals surface area contributed by atoms with Crippen LogP contribution in [-0.4, -0.2) is 4.98 Å². The predicted octanol–water partition coefficient (Wildman–Crippen LogP) is 5.45. The molecule has 0 saturated heterocycles. The first-order valence-corrected chi connectivity index (χ1v) is 8.13. The van der Waals surface area contributed by atoms with E-state index in [2.05, 4.69) is 74.5 Å². The average molecular weight is 293 g/mol. The highest BCUT2D eigenvalue weighted by Gasteiger charge is 2.20. The third-order valence-electron chi connectivity index (χ3n) is 3.62. The summed E-state index contributed by atoms with van der Waals surface area (Å²) in [6.07, 6.45) is 2.03. The van der Waals surface area contributed by atoms with E-state index in [1.165, 1.54) is 21.0 Å². The highest BCUT2D eigenvalue weighted by molar-refractivity contribution is 7.11. The Morgan fingerprint density at radius 2 is 1.33 bits per heavy atom. The van der Waals surface area contributed by atoms with E-state index >= 15 is 0 Å². The molecule has 0 atom stereocenters.